The number of piperidine rings is 1. The van der Waals surface area contributed by atoms with Gasteiger partial charge in [-0.1, -0.05) is 0 Å². The lowest BCUT2D eigenvalue weighted by Crippen LogP contribution is -3.17. The van der Waals surface area contributed by atoms with Crippen molar-refractivity contribution in [3.63, 3.8) is 0 Å². The summed E-state index contributed by atoms with van der Waals surface area (Å²) in [5.41, 5.74) is 5.82. The number of amides is 2. The van der Waals surface area contributed by atoms with Crippen molar-refractivity contribution >= 4 is 27.5 Å². The average Bonchev–Trinajstić information content (AvgIpc) is 2.54. The van der Waals surface area contributed by atoms with E-state index < -0.39 is 10.0 Å². The molecule has 6 N–H and O–H groups in total. The van der Waals surface area contributed by atoms with Gasteiger partial charge in [-0.15, -0.1) is 0 Å². The van der Waals surface area contributed by atoms with Crippen LogP contribution in [0.25, 0.3) is 0 Å². The fourth-order valence-corrected chi connectivity index (χ4v) is 3.39. The highest BCUT2D eigenvalue weighted by molar-refractivity contribution is 7.89. The molecule has 24 heavy (non-hydrogen) atoms. The summed E-state index contributed by atoms with van der Waals surface area (Å²) < 4.78 is 22.4. The van der Waals surface area contributed by atoms with Crippen LogP contribution in [0, 0.1) is 5.92 Å². The lowest BCUT2D eigenvalue weighted by molar-refractivity contribution is -0.919. The molecule has 0 bridgehead atoms. The van der Waals surface area contributed by atoms with E-state index in [9.17, 15) is 18.0 Å². The van der Waals surface area contributed by atoms with Gasteiger partial charge in [-0.25, -0.2) is 13.6 Å². The Hall–Kier alpha value is -1.97. The number of likely N-dealkylation sites (tertiary alicyclic amines) is 1. The largest absolute Gasteiger partial charge is 0.369 e. The lowest BCUT2D eigenvalue weighted by Gasteiger charge is -2.31. The van der Waals surface area contributed by atoms with Crippen molar-refractivity contribution in [2.75, 3.05) is 18.4 Å². The Morgan fingerprint density at radius 1 is 1.21 bits per heavy atom. The molecular weight excluding hydrogens is 332 g/mol. The minimum absolute atomic E-state index is 0.00676. The maximum atomic E-state index is 12.3. The van der Waals surface area contributed by atoms with Crippen LogP contribution in [0.2, 0.25) is 0 Å². The van der Waals surface area contributed by atoms with Crippen molar-refractivity contribution < 1.29 is 22.9 Å². The van der Waals surface area contributed by atoms with E-state index in [0.29, 0.717) is 31.6 Å². The molecule has 0 spiro atoms. The van der Waals surface area contributed by atoms with Gasteiger partial charge in [0.15, 0.2) is 6.04 Å². The van der Waals surface area contributed by atoms with Gasteiger partial charge in [0.1, 0.15) is 0 Å². The fraction of sp³-hybridized carbons (Fsp3) is 0.467. The van der Waals surface area contributed by atoms with Crippen LogP contribution in [0.1, 0.15) is 19.8 Å². The number of hydrogen-bond donors (Lipinski definition) is 4. The number of anilines is 1. The number of carbonyl (C=O) groups excluding carboxylic acids is 2. The van der Waals surface area contributed by atoms with E-state index in [1.807, 2.05) is 6.92 Å². The van der Waals surface area contributed by atoms with E-state index >= 15 is 0 Å². The summed E-state index contributed by atoms with van der Waals surface area (Å²) in [6.07, 6.45) is 1.37. The quantitative estimate of drug-likeness (QED) is 0.508. The van der Waals surface area contributed by atoms with E-state index in [0.717, 1.165) is 4.90 Å². The second-order valence-electron chi connectivity index (χ2n) is 6.12. The Kier molecular flexibility index (Phi) is 5.58. The third-order valence-electron chi connectivity index (χ3n) is 4.49. The number of primary amides is 1. The summed E-state index contributed by atoms with van der Waals surface area (Å²) in [7, 11) is -3.75. The first kappa shape index (κ1) is 18.4. The molecule has 1 aliphatic heterocycles. The molecule has 1 heterocycles. The molecule has 132 valence electrons. The van der Waals surface area contributed by atoms with Crippen LogP contribution >= 0.6 is 0 Å². The van der Waals surface area contributed by atoms with Crippen LogP contribution in [-0.4, -0.2) is 39.4 Å². The van der Waals surface area contributed by atoms with Crippen molar-refractivity contribution in [1.82, 2.24) is 0 Å². The second kappa shape index (κ2) is 7.29. The second-order valence-corrected chi connectivity index (χ2v) is 7.68. The van der Waals surface area contributed by atoms with Crippen LogP contribution in [-0.2, 0) is 19.6 Å². The molecule has 0 saturated carbocycles. The van der Waals surface area contributed by atoms with Gasteiger partial charge in [0.05, 0.1) is 18.0 Å². The van der Waals surface area contributed by atoms with Gasteiger partial charge in [0, 0.05) is 24.4 Å². The summed E-state index contributed by atoms with van der Waals surface area (Å²) in [4.78, 5) is 24.6. The van der Waals surface area contributed by atoms with Crippen LogP contribution in [0.15, 0.2) is 29.2 Å². The number of sulfonamides is 1. The van der Waals surface area contributed by atoms with E-state index in [1.54, 1.807) is 0 Å². The molecule has 1 aromatic carbocycles. The smallest absolute Gasteiger partial charge is 0.282 e. The first-order chi connectivity index (χ1) is 11.2. The van der Waals surface area contributed by atoms with Crippen LogP contribution in [0.4, 0.5) is 5.69 Å². The van der Waals surface area contributed by atoms with Crippen molar-refractivity contribution in [3.05, 3.63) is 24.3 Å². The minimum atomic E-state index is -3.75. The fourth-order valence-electron chi connectivity index (χ4n) is 2.87. The Morgan fingerprint density at radius 3 is 2.21 bits per heavy atom. The van der Waals surface area contributed by atoms with Crippen molar-refractivity contribution in [1.29, 1.82) is 0 Å². The third kappa shape index (κ3) is 4.53. The highest BCUT2D eigenvalue weighted by atomic mass is 32.2. The average molecular weight is 355 g/mol. The molecule has 2 rings (SSSR count). The normalized spacial score (nSPS) is 22.6. The first-order valence-electron chi connectivity index (χ1n) is 7.76. The Balaban J connectivity index is 1.93. The number of nitrogens with one attached hydrogen (secondary N) is 2. The maximum absolute atomic E-state index is 12.3. The number of quaternary nitrogens is 1. The number of primary sulfonamides is 1. The topological polar surface area (TPSA) is 137 Å². The van der Waals surface area contributed by atoms with E-state index in [1.165, 1.54) is 24.3 Å². The van der Waals surface area contributed by atoms with Gasteiger partial charge in [0.2, 0.25) is 15.9 Å². The van der Waals surface area contributed by atoms with Gasteiger partial charge >= 0.3 is 0 Å². The molecule has 8 nitrogen and oxygen atoms in total. The monoisotopic (exact) mass is 355 g/mol. The van der Waals surface area contributed by atoms with Gasteiger partial charge in [-0.2, -0.15) is 0 Å². The predicted octanol–water partition coefficient (Wildman–Crippen LogP) is -1.56. The van der Waals surface area contributed by atoms with Crippen molar-refractivity contribution in [3.8, 4) is 0 Å². The zero-order valence-corrected chi connectivity index (χ0v) is 14.3. The lowest BCUT2D eigenvalue weighted by atomic mass is 9.95. The highest BCUT2D eigenvalue weighted by Crippen LogP contribution is 2.13. The number of benzene rings is 1. The molecule has 1 fully saturated rings. The molecule has 9 heteroatoms. The number of hydrogen-bond acceptors (Lipinski definition) is 4. The summed E-state index contributed by atoms with van der Waals surface area (Å²) in [5.74, 6) is -0.540. The predicted molar refractivity (Wildman–Crippen MR) is 88.5 cm³/mol. The van der Waals surface area contributed by atoms with Crippen molar-refractivity contribution in [2.24, 2.45) is 16.8 Å². The summed E-state index contributed by atoms with van der Waals surface area (Å²) in [5, 5.41) is 7.80. The molecular formula is C15H23N4O4S+. The highest BCUT2D eigenvalue weighted by Gasteiger charge is 2.32. The zero-order valence-electron chi connectivity index (χ0n) is 13.5. The molecule has 1 aliphatic rings. The summed E-state index contributed by atoms with van der Waals surface area (Å²) in [6.45, 7) is 3.26. The van der Waals surface area contributed by atoms with Gasteiger partial charge < -0.3 is 16.0 Å². The Bertz CT molecular complexity index is 709. The number of nitrogens with two attached hydrogens (primary N) is 2. The number of carbonyl (C=O) groups is 2. The number of rotatable bonds is 5. The molecule has 0 aliphatic carbocycles. The van der Waals surface area contributed by atoms with Crippen LogP contribution in [0.5, 0.6) is 0 Å². The zero-order chi connectivity index (χ0) is 17.9. The third-order valence-corrected chi connectivity index (χ3v) is 5.42. The molecule has 0 aromatic heterocycles. The molecule has 1 aromatic rings. The van der Waals surface area contributed by atoms with Gasteiger partial charge in [-0.05, 0) is 31.2 Å². The van der Waals surface area contributed by atoms with Crippen molar-refractivity contribution in [2.45, 2.75) is 30.7 Å². The Labute approximate surface area is 141 Å². The summed E-state index contributed by atoms with van der Waals surface area (Å²) >= 11 is 0. The van der Waals surface area contributed by atoms with E-state index in [2.05, 4.69) is 5.32 Å². The molecule has 0 unspecified atom stereocenters. The molecule has 1 atom stereocenters. The van der Waals surface area contributed by atoms with Gasteiger partial charge in [-0.3, -0.25) is 9.59 Å². The van der Waals surface area contributed by atoms with Gasteiger partial charge in [0.25, 0.3) is 5.91 Å². The van der Waals surface area contributed by atoms with E-state index in [4.69, 9.17) is 10.9 Å². The maximum Gasteiger partial charge on any atom is 0.282 e. The SMILES string of the molecule is C[C@@H](C(=O)Nc1ccc(S(N)(=O)=O)cc1)[NH+]1CCC(C(N)=O)CC1. The minimum Gasteiger partial charge on any atom is -0.369 e. The molecule has 2 amide bonds. The van der Waals surface area contributed by atoms with Crippen LogP contribution < -0.4 is 21.1 Å². The summed E-state index contributed by atoms with van der Waals surface area (Å²) in [6, 6.07) is 5.41. The van der Waals surface area contributed by atoms with E-state index in [-0.39, 0.29) is 28.7 Å². The Morgan fingerprint density at radius 2 is 1.75 bits per heavy atom. The first-order valence-corrected chi connectivity index (χ1v) is 9.30. The standard InChI is InChI=1S/C15H22N4O4S/c1-10(19-8-6-11(7-9-19)14(16)20)15(21)18-12-2-4-13(5-3-12)24(17,22)23/h2-5,10-11H,6-9H2,1H3,(H2,16,20)(H,18,21)(H2,17,22,23)/p+1/t10-/m0/s1. The molecule has 1 saturated heterocycles. The van der Waals surface area contributed by atoms with Crippen LogP contribution in [0.3, 0.4) is 0 Å². The molecule has 0 radical (unpaired) electrons.